The van der Waals surface area contributed by atoms with Gasteiger partial charge < -0.3 is 14.5 Å². The first-order chi connectivity index (χ1) is 17.7. The molecule has 192 valence electrons. The highest BCUT2D eigenvalue weighted by Gasteiger charge is 2.51. The van der Waals surface area contributed by atoms with Crippen LogP contribution in [0, 0.1) is 34.5 Å². The molecule has 3 unspecified atom stereocenters. The third-order valence-corrected chi connectivity index (χ3v) is 8.28. The predicted molar refractivity (Wildman–Crippen MR) is 139 cm³/mol. The van der Waals surface area contributed by atoms with E-state index >= 15 is 0 Å². The Bertz CT molecular complexity index is 1220. The van der Waals surface area contributed by atoms with Gasteiger partial charge in [-0.2, -0.15) is 10.5 Å². The van der Waals surface area contributed by atoms with Crippen LogP contribution in [0.5, 0.6) is 0 Å². The van der Waals surface area contributed by atoms with Gasteiger partial charge in [0, 0.05) is 31.0 Å². The van der Waals surface area contributed by atoms with E-state index in [0.717, 1.165) is 25.7 Å². The molecule has 0 bridgehead atoms. The maximum atomic E-state index is 13.9. The molecule has 2 fully saturated rings. The maximum absolute atomic E-state index is 13.9. The number of rotatable bonds is 7. The molecular weight excluding hydrogens is 464 g/mol. The zero-order valence-electron chi connectivity index (χ0n) is 21.6. The van der Waals surface area contributed by atoms with E-state index in [0.29, 0.717) is 34.1 Å². The van der Waals surface area contributed by atoms with Crippen molar-refractivity contribution in [2.24, 2.45) is 11.8 Å². The highest BCUT2D eigenvalue weighted by Crippen LogP contribution is 2.42. The monoisotopic (exact) mass is 499 g/mol. The van der Waals surface area contributed by atoms with Gasteiger partial charge in [-0.25, -0.2) is 0 Å². The van der Waals surface area contributed by atoms with E-state index in [1.807, 2.05) is 44.4 Å². The number of carbonyl (C=O) groups is 2. The molecule has 1 amide bonds. The summed E-state index contributed by atoms with van der Waals surface area (Å²) < 4.78 is 0.307. The van der Waals surface area contributed by atoms with Crippen LogP contribution in [0.1, 0.15) is 53.6 Å². The molecule has 4 rings (SSSR count). The summed E-state index contributed by atoms with van der Waals surface area (Å²) in [4.78, 5) is 28.7. The predicted octanol–water partition coefficient (Wildman–Crippen LogP) is 3.64. The van der Waals surface area contributed by atoms with Gasteiger partial charge in [-0.1, -0.05) is 55.3 Å². The largest absolute Gasteiger partial charge is 0.375 e. The number of piperidine rings is 1. The molecule has 0 spiro atoms. The quantitative estimate of drug-likeness (QED) is 0.463. The first-order valence-electron chi connectivity index (χ1n) is 13.0. The molecule has 2 aromatic rings. The van der Waals surface area contributed by atoms with Gasteiger partial charge in [-0.05, 0) is 30.5 Å². The summed E-state index contributed by atoms with van der Waals surface area (Å²) in [6.07, 6.45) is 4.14. The number of hydrogen-bond donors (Lipinski definition) is 1. The SMILES string of the molecule is C[N+](C)(CC(=O)c1cccc(C#N)c1)C1CCN(C(=O)C(O)(c2ccccc2)C2CCCC2)CC1C#N. The van der Waals surface area contributed by atoms with Crippen molar-refractivity contribution in [3.05, 3.63) is 71.3 Å². The summed E-state index contributed by atoms with van der Waals surface area (Å²) in [6, 6.07) is 20.2. The van der Waals surface area contributed by atoms with Crippen molar-refractivity contribution in [3.8, 4) is 12.1 Å². The van der Waals surface area contributed by atoms with Crippen molar-refractivity contribution in [3.63, 3.8) is 0 Å². The van der Waals surface area contributed by atoms with Crippen LogP contribution in [-0.4, -0.2) is 66.0 Å². The fraction of sp³-hybridized carbons (Fsp3) is 0.467. The van der Waals surface area contributed by atoms with Crippen LogP contribution in [0.4, 0.5) is 0 Å². The fourth-order valence-electron chi connectivity index (χ4n) is 6.24. The number of quaternary nitrogens is 1. The van der Waals surface area contributed by atoms with Gasteiger partial charge in [-0.15, -0.1) is 0 Å². The molecule has 2 aliphatic rings. The number of nitriles is 2. The van der Waals surface area contributed by atoms with Gasteiger partial charge in [0.1, 0.15) is 18.5 Å². The van der Waals surface area contributed by atoms with Gasteiger partial charge in [0.2, 0.25) is 5.78 Å². The molecule has 1 N–H and O–H groups in total. The minimum atomic E-state index is -1.60. The molecular formula is C30H35N4O3+. The molecule has 1 aliphatic carbocycles. The van der Waals surface area contributed by atoms with Crippen molar-refractivity contribution < 1.29 is 19.2 Å². The molecule has 2 aromatic carbocycles. The second kappa shape index (κ2) is 10.8. The zero-order chi connectivity index (χ0) is 26.6. The second-order valence-corrected chi connectivity index (χ2v) is 11.0. The van der Waals surface area contributed by atoms with E-state index in [1.165, 1.54) is 0 Å². The van der Waals surface area contributed by atoms with Gasteiger partial charge in [0.25, 0.3) is 5.91 Å². The van der Waals surface area contributed by atoms with Crippen molar-refractivity contribution >= 4 is 11.7 Å². The molecule has 1 heterocycles. The van der Waals surface area contributed by atoms with E-state index in [4.69, 9.17) is 5.26 Å². The number of Topliss-reactive ketones (excluding diaryl/α,β-unsaturated/α-hetero) is 1. The smallest absolute Gasteiger partial charge is 0.259 e. The summed E-state index contributed by atoms with van der Waals surface area (Å²) in [5, 5.41) is 31.2. The molecule has 1 saturated heterocycles. The van der Waals surface area contributed by atoms with Gasteiger partial charge in [0.15, 0.2) is 5.60 Å². The Morgan fingerprint density at radius 3 is 2.41 bits per heavy atom. The van der Waals surface area contributed by atoms with E-state index in [2.05, 4.69) is 12.1 Å². The Hall–Kier alpha value is -3.52. The minimum Gasteiger partial charge on any atom is -0.375 e. The Morgan fingerprint density at radius 1 is 1.05 bits per heavy atom. The third kappa shape index (κ3) is 5.30. The Kier molecular flexibility index (Phi) is 7.78. The van der Waals surface area contributed by atoms with Crippen LogP contribution < -0.4 is 0 Å². The van der Waals surface area contributed by atoms with Gasteiger partial charge in [-0.3, -0.25) is 9.59 Å². The first-order valence-corrected chi connectivity index (χ1v) is 13.0. The molecule has 1 saturated carbocycles. The van der Waals surface area contributed by atoms with Crippen LogP contribution >= 0.6 is 0 Å². The Labute approximate surface area is 219 Å². The summed E-state index contributed by atoms with van der Waals surface area (Å²) in [5.74, 6) is -1.03. The number of hydrogen-bond acceptors (Lipinski definition) is 5. The van der Waals surface area contributed by atoms with Crippen LogP contribution in [-0.2, 0) is 10.4 Å². The Morgan fingerprint density at radius 2 is 1.76 bits per heavy atom. The average Bonchev–Trinajstić information content (AvgIpc) is 3.48. The normalized spacial score (nSPS) is 22.0. The summed E-state index contributed by atoms with van der Waals surface area (Å²) in [6.45, 7) is 0.826. The lowest BCUT2D eigenvalue weighted by atomic mass is 9.78. The number of amides is 1. The van der Waals surface area contributed by atoms with Crippen LogP contribution in [0.15, 0.2) is 54.6 Å². The first kappa shape index (κ1) is 26.5. The van der Waals surface area contributed by atoms with Crippen LogP contribution in [0.25, 0.3) is 0 Å². The van der Waals surface area contributed by atoms with E-state index in [1.54, 1.807) is 29.2 Å². The van der Waals surface area contributed by atoms with Crippen molar-refractivity contribution in [2.75, 3.05) is 33.7 Å². The van der Waals surface area contributed by atoms with Crippen molar-refractivity contribution in [1.29, 1.82) is 10.5 Å². The van der Waals surface area contributed by atoms with E-state index < -0.39 is 11.5 Å². The highest BCUT2D eigenvalue weighted by atomic mass is 16.3. The molecule has 7 nitrogen and oxygen atoms in total. The second-order valence-electron chi connectivity index (χ2n) is 11.0. The molecule has 3 atom stereocenters. The molecule has 7 heteroatoms. The van der Waals surface area contributed by atoms with Gasteiger partial charge >= 0.3 is 0 Å². The minimum absolute atomic E-state index is 0.0861. The lowest BCUT2D eigenvalue weighted by molar-refractivity contribution is -0.911. The lowest BCUT2D eigenvalue weighted by Gasteiger charge is -2.46. The summed E-state index contributed by atoms with van der Waals surface area (Å²) in [5.41, 5.74) is -0.0674. The third-order valence-electron chi connectivity index (χ3n) is 8.28. The van der Waals surface area contributed by atoms with E-state index in [9.17, 15) is 20.0 Å². The molecule has 1 aliphatic heterocycles. The average molecular weight is 500 g/mol. The summed E-state index contributed by atoms with van der Waals surface area (Å²) in [7, 11) is 3.88. The van der Waals surface area contributed by atoms with Crippen molar-refractivity contribution in [1.82, 2.24) is 4.90 Å². The number of benzene rings is 2. The van der Waals surface area contributed by atoms with Crippen LogP contribution in [0.2, 0.25) is 0 Å². The van der Waals surface area contributed by atoms with Crippen LogP contribution in [0.3, 0.4) is 0 Å². The highest BCUT2D eigenvalue weighted by molar-refractivity contribution is 5.97. The molecule has 0 aromatic heterocycles. The number of aliphatic hydroxyl groups is 1. The maximum Gasteiger partial charge on any atom is 0.259 e. The molecule has 0 radical (unpaired) electrons. The summed E-state index contributed by atoms with van der Waals surface area (Å²) >= 11 is 0. The van der Waals surface area contributed by atoms with Crippen molar-refractivity contribution in [2.45, 2.75) is 43.7 Å². The van der Waals surface area contributed by atoms with Gasteiger partial charge in [0.05, 0.1) is 31.8 Å². The number of likely N-dealkylation sites (N-methyl/N-ethyl adjacent to an activating group) is 1. The standard InChI is InChI=1S/C30H35N4O3/c1-34(2,21-28(35)23-10-8-9-22(17-23)18-31)27-15-16-33(20-24(27)19-32)29(36)30(37,26-13-6-7-14-26)25-11-4-3-5-12-25/h3-5,8-12,17,24,26-27,37H,6-7,13-16,20-21H2,1-2H3/q+1. The topological polar surface area (TPSA) is 105 Å². The van der Waals surface area contributed by atoms with E-state index in [-0.39, 0.29) is 36.7 Å². The molecule has 37 heavy (non-hydrogen) atoms. The fourth-order valence-corrected chi connectivity index (χ4v) is 6.24. The Balaban J connectivity index is 1.52. The number of nitrogens with zero attached hydrogens (tertiary/aromatic N) is 4. The number of likely N-dealkylation sites (tertiary alicyclic amines) is 1. The lowest BCUT2D eigenvalue weighted by Crippen LogP contribution is -2.62. The zero-order valence-corrected chi connectivity index (χ0v) is 21.6. The number of ketones is 1. The number of carbonyl (C=O) groups excluding carboxylic acids is 2.